The van der Waals surface area contributed by atoms with Gasteiger partial charge in [0, 0.05) is 41.8 Å². The number of carbonyl (C=O) groups excluding carboxylic acids is 4. The third-order valence-corrected chi connectivity index (χ3v) is 13.8. The molecule has 3 aromatic rings. The standard InChI is InChI=1S/C42H51N5O8S/c1-7-27-23-42(27,39(51)46-56(52,53)41(5)17-18-41)45-37(49)33-21-29(24-47(33)38(50)36(40(2,3)4)44-35(48)19-25-13-14-25)55-34-22-31(26-11-9-8-10-12-26)43-32-20-28(54-6)15-16-30(32)34/h7-12,15-16,20,22,25,27,29,33,36H,1,13-14,17-19,21,23-24H2,2-6H3,(H,44,48)(H,45,49)(H,46,51)/t27?,29-,33+,36-,42?/m1/s1. The molecule has 4 aliphatic rings. The molecule has 2 aromatic carbocycles. The lowest BCUT2D eigenvalue weighted by Gasteiger charge is -2.35. The molecule has 14 heteroatoms. The summed E-state index contributed by atoms with van der Waals surface area (Å²) in [6.07, 6.45) is 4.16. The predicted molar refractivity (Wildman–Crippen MR) is 211 cm³/mol. The molecule has 7 rings (SSSR count). The van der Waals surface area contributed by atoms with Crippen molar-refractivity contribution in [3.63, 3.8) is 0 Å². The number of likely N-dealkylation sites (tertiary alicyclic amines) is 1. The van der Waals surface area contributed by atoms with Gasteiger partial charge in [0.2, 0.25) is 27.7 Å². The molecule has 1 aliphatic heterocycles. The second kappa shape index (κ2) is 14.5. The Morgan fingerprint density at radius 3 is 2.39 bits per heavy atom. The largest absolute Gasteiger partial charge is 0.497 e. The molecule has 13 nitrogen and oxygen atoms in total. The predicted octanol–water partition coefficient (Wildman–Crippen LogP) is 4.65. The quantitative estimate of drug-likeness (QED) is 0.197. The van der Waals surface area contributed by atoms with Crippen molar-refractivity contribution in [3.05, 3.63) is 67.3 Å². The molecule has 4 amide bonds. The summed E-state index contributed by atoms with van der Waals surface area (Å²) in [7, 11) is -2.42. The maximum absolute atomic E-state index is 14.7. The molecule has 3 N–H and O–H groups in total. The first kappa shape index (κ1) is 39.3. The molecule has 298 valence electrons. The molecule has 3 saturated carbocycles. The van der Waals surface area contributed by atoms with Crippen LogP contribution in [0.4, 0.5) is 0 Å². The summed E-state index contributed by atoms with van der Waals surface area (Å²) in [4.78, 5) is 62.3. The maximum Gasteiger partial charge on any atom is 0.259 e. The van der Waals surface area contributed by atoms with Crippen LogP contribution in [0.3, 0.4) is 0 Å². The number of nitrogens with one attached hydrogen (secondary N) is 3. The van der Waals surface area contributed by atoms with Crippen LogP contribution in [0.1, 0.15) is 72.6 Å². The van der Waals surface area contributed by atoms with Crippen LogP contribution in [0, 0.1) is 17.3 Å². The molecule has 0 radical (unpaired) electrons. The lowest BCUT2D eigenvalue weighted by molar-refractivity contribution is -0.144. The van der Waals surface area contributed by atoms with Crippen LogP contribution < -0.4 is 24.8 Å². The number of fused-ring (bicyclic) bond motifs is 1. The number of ether oxygens (including phenoxy) is 2. The fourth-order valence-electron chi connectivity index (χ4n) is 7.45. The number of pyridine rings is 1. The van der Waals surface area contributed by atoms with Crippen LogP contribution in [0.2, 0.25) is 0 Å². The smallest absolute Gasteiger partial charge is 0.259 e. The van der Waals surface area contributed by atoms with Gasteiger partial charge >= 0.3 is 0 Å². The van der Waals surface area contributed by atoms with Crippen LogP contribution >= 0.6 is 0 Å². The van der Waals surface area contributed by atoms with Crippen LogP contribution in [0.5, 0.6) is 11.5 Å². The minimum Gasteiger partial charge on any atom is -0.497 e. The molecule has 0 spiro atoms. The van der Waals surface area contributed by atoms with E-state index in [9.17, 15) is 27.6 Å². The number of sulfonamides is 1. The molecule has 5 atom stereocenters. The number of carbonyl (C=O) groups is 4. The fraction of sp³-hybridized carbons (Fsp3) is 0.500. The topological polar surface area (TPSA) is 173 Å². The Kier molecular flexibility index (Phi) is 10.2. The van der Waals surface area contributed by atoms with Gasteiger partial charge < -0.3 is 25.0 Å². The summed E-state index contributed by atoms with van der Waals surface area (Å²) in [5.41, 5.74) is -0.142. The van der Waals surface area contributed by atoms with Gasteiger partial charge in [-0.25, -0.2) is 13.4 Å². The van der Waals surface area contributed by atoms with E-state index < -0.39 is 67.6 Å². The van der Waals surface area contributed by atoms with Gasteiger partial charge in [-0.2, -0.15) is 0 Å². The SMILES string of the molecule is C=CC1CC1(NC(=O)[C@@H]1C[C@@H](Oc2cc(-c3ccccc3)nc3cc(OC)ccc23)CN1C(=O)[C@@H](NC(=O)CC1CC1)C(C)(C)C)C(=O)NS(=O)(=O)C1(C)CC1. The van der Waals surface area contributed by atoms with Gasteiger partial charge in [0.15, 0.2) is 0 Å². The van der Waals surface area contributed by atoms with Gasteiger partial charge in [0.1, 0.15) is 35.2 Å². The van der Waals surface area contributed by atoms with Crippen molar-refractivity contribution in [3.8, 4) is 22.8 Å². The Balaban J connectivity index is 1.21. The van der Waals surface area contributed by atoms with Crippen molar-refractivity contribution in [1.82, 2.24) is 25.2 Å². The number of aromatic nitrogens is 1. The van der Waals surface area contributed by atoms with Gasteiger partial charge in [-0.05, 0) is 62.5 Å². The first-order chi connectivity index (χ1) is 26.5. The molecular formula is C42H51N5O8S. The molecular weight excluding hydrogens is 735 g/mol. The summed E-state index contributed by atoms with van der Waals surface area (Å²) in [5.74, 6) is -1.27. The third kappa shape index (κ3) is 7.85. The number of benzene rings is 2. The Morgan fingerprint density at radius 2 is 1.79 bits per heavy atom. The molecule has 2 unspecified atom stereocenters. The summed E-state index contributed by atoms with van der Waals surface area (Å²) < 4.78 is 39.5. The van der Waals surface area contributed by atoms with E-state index in [1.165, 1.54) is 11.0 Å². The molecule has 4 fully saturated rings. The van der Waals surface area contributed by atoms with Gasteiger partial charge in [0.25, 0.3) is 5.91 Å². The maximum atomic E-state index is 14.7. The van der Waals surface area contributed by atoms with E-state index in [1.54, 1.807) is 20.1 Å². The van der Waals surface area contributed by atoms with Crippen LogP contribution in [-0.4, -0.2) is 84.1 Å². The Morgan fingerprint density at radius 1 is 1.07 bits per heavy atom. The second-order valence-corrected chi connectivity index (χ2v) is 19.3. The van der Waals surface area contributed by atoms with Gasteiger partial charge in [0.05, 0.1) is 29.6 Å². The summed E-state index contributed by atoms with van der Waals surface area (Å²) in [5, 5.41) is 6.51. The van der Waals surface area contributed by atoms with Gasteiger partial charge in [-0.15, -0.1) is 6.58 Å². The van der Waals surface area contributed by atoms with Crippen molar-refractivity contribution in [1.29, 1.82) is 0 Å². The minimum atomic E-state index is -4.00. The Labute approximate surface area is 328 Å². The normalized spacial score (nSPS) is 24.4. The van der Waals surface area contributed by atoms with E-state index in [-0.39, 0.29) is 25.3 Å². The molecule has 3 aliphatic carbocycles. The van der Waals surface area contributed by atoms with Crippen LogP contribution in [0.25, 0.3) is 22.2 Å². The number of hydrogen-bond acceptors (Lipinski definition) is 9. The molecule has 2 heterocycles. The minimum absolute atomic E-state index is 0.000542. The lowest BCUT2D eigenvalue weighted by atomic mass is 9.85. The summed E-state index contributed by atoms with van der Waals surface area (Å²) in [6.45, 7) is 11.0. The van der Waals surface area contributed by atoms with Crippen molar-refractivity contribution in [2.45, 2.75) is 101 Å². The lowest BCUT2D eigenvalue weighted by Crippen LogP contribution is -2.60. The summed E-state index contributed by atoms with van der Waals surface area (Å²) in [6, 6.07) is 14.8. The molecule has 1 aromatic heterocycles. The highest BCUT2D eigenvalue weighted by Gasteiger charge is 2.63. The first-order valence-corrected chi connectivity index (χ1v) is 20.8. The average Bonchev–Trinajstić information content (AvgIpc) is 4.11. The van der Waals surface area contributed by atoms with Crippen LogP contribution in [-0.2, 0) is 29.2 Å². The highest BCUT2D eigenvalue weighted by molar-refractivity contribution is 7.91. The zero-order valence-corrected chi connectivity index (χ0v) is 33.4. The number of hydrogen-bond donors (Lipinski definition) is 3. The van der Waals surface area contributed by atoms with Crippen molar-refractivity contribution >= 4 is 44.6 Å². The number of rotatable bonds is 14. The van der Waals surface area contributed by atoms with E-state index in [1.807, 2.05) is 69.3 Å². The van der Waals surface area contributed by atoms with Crippen LogP contribution in [0.15, 0.2) is 67.3 Å². The number of nitrogens with zero attached hydrogens (tertiary/aromatic N) is 2. The highest BCUT2D eigenvalue weighted by Crippen LogP contribution is 2.47. The van der Waals surface area contributed by atoms with Crippen molar-refractivity contribution in [2.24, 2.45) is 17.3 Å². The van der Waals surface area contributed by atoms with E-state index >= 15 is 0 Å². The Bertz CT molecular complexity index is 2180. The molecule has 56 heavy (non-hydrogen) atoms. The first-order valence-electron chi connectivity index (χ1n) is 19.3. The summed E-state index contributed by atoms with van der Waals surface area (Å²) >= 11 is 0. The van der Waals surface area contributed by atoms with E-state index in [2.05, 4.69) is 21.9 Å². The average molecular weight is 786 g/mol. The zero-order chi connectivity index (χ0) is 40.2. The van der Waals surface area contributed by atoms with E-state index in [0.29, 0.717) is 53.3 Å². The number of methoxy groups -OCH3 is 1. The highest BCUT2D eigenvalue weighted by atomic mass is 32.2. The van der Waals surface area contributed by atoms with E-state index in [0.717, 1.165) is 18.4 Å². The van der Waals surface area contributed by atoms with Gasteiger partial charge in [-0.1, -0.05) is 57.2 Å². The Hall–Kier alpha value is -4.98. The molecule has 0 bridgehead atoms. The monoisotopic (exact) mass is 785 g/mol. The fourth-order valence-corrected chi connectivity index (χ4v) is 8.76. The van der Waals surface area contributed by atoms with E-state index in [4.69, 9.17) is 14.5 Å². The van der Waals surface area contributed by atoms with Gasteiger partial charge in [-0.3, -0.25) is 23.9 Å². The molecule has 1 saturated heterocycles. The van der Waals surface area contributed by atoms with Crippen molar-refractivity contribution < 1.29 is 37.1 Å². The second-order valence-electron chi connectivity index (χ2n) is 17.1. The third-order valence-electron chi connectivity index (χ3n) is 11.7. The number of amides is 4. The zero-order valence-electron chi connectivity index (χ0n) is 32.6. The van der Waals surface area contributed by atoms with Crippen molar-refractivity contribution in [2.75, 3.05) is 13.7 Å².